The first-order valence-corrected chi connectivity index (χ1v) is 7.57. The summed E-state index contributed by atoms with van der Waals surface area (Å²) in [6.45, 7) is 8.27. The van der Waals surface area contributed by atoms with Gasteiger partial charge in [-0.3, -0.25) is 5.32 Å². The van der Waals surface area contributed by atoms with Crippen LogP contribution in [0.4, 0.5) is 5.69 Å². The number of hydrogen-bond donors (Lipinski definition) is 1. The Labute approximate surface area is 128 Å². The van der Waals surface area contributed by atoms with Crippen LogP contribution in [-0.4, -0.2) is 32.7 Å². The summed E-state index contributed by atoms with van der Waals surface area (Å²) in [5, 5.41) is 3.40. The number of anilines is 1. The van der Waals surface area contributed by atoms with Crippen molar-refractivity contribution in [1.82, 2.24) is 5.32 Å². The van der Waals surface area contributed by atoms with Gasteiger partial charge < -0.3 is 9.64 Å². The highest BCUT2D eigenvalue weighted by molar-refractivity contribution is 5.82. The van der Waals surface area contributed by atoms with Gasteiger partial charge in [0.15, 0.2) is 0 Å². The molecule has 0 spiro atoms. The molecule has 0 aromatic heterocycles. The van der Waals surface area contributed by atoms with Gasteiger partial charge in [0.2, 0.25) is 0 Å². The number of benzene rings is 1. The molecular formula is C17H28N2O2. The van der Waals surface area contributed by atoms with Crippen LogP contribution in [0.3, 0.4) is 0 Å². The zero-order valence-corrected chi connectivity index (χ0v) is 14.1. The molecule has 0 aliphatic heterocycles. The van der Waals surface area contributed by atoms with Gasteiger partial charge in [-0.05, 0) is 44.9 Å². The van der Waals surface area contributed by atoms with Crippen molar-refractivity contribution in [2.45, 2.75) is 45.7 Å². The molecule has 1 aromatic rings. The summed E-state index contributed by atoms with van der Waals surface area (Å²) < 4.78 is 5.27. The van der Waals surface area contributed by atoms with Crippen molar-refractivity contribution in [2.24, 2.45) is 0 Å². The number of nitrogens with zero attached hydrogens (tertiary/aromatic N) is 1. The second kappa shape index (κ2) is 7.46. The molecule has 1 N–H and O–H groups in total. The molecule has 0 aliphatic rings. The average molecular weight is 292 g/mol. The molecule has 118 valence electrons. The summed E-state index contributed by atoms with van der Waals surface area (Å²) >= 11 is 0. The number of rotatable bonds is 7. The molecule has 2 unspecified atom stereocenters. The normalized spacial score (nSPS) is 15.1. The molecular weight excluding hydrogens is 264 g/mol. The zero-order valence-electron chi connectivity index (χ0n) is 14.1. The Balaban J connectivity index is 3.13. The van der Waals surface area contributed by atoms with E-state index in [0.29, 0.717) is 6.61 Å². The van der Waals surface area contributed by atoms with Gasteiger partial charge in [-0.15, -0.1) is 0 Å². The van der Waals surface area contributed by atoms with Gasteiger partial charge in [0, 0.05) is 25.8 Å². The predicted octanol–water partition coefficient (Wildman–Crippen LogP) is 2.92. The lowest BCUT2D eigenvalue weighted by Gasteiger charge is -2.32. The third-order valence-electron chi connectivity index (χ3n) is 3.79. The number of ether oxygens (including phenoxy) is 1. The lowest BCUT2D eigenvalue weighted by molar-refractivity contribution is -0.151. The molecule has 21 heavy (non-hydrogen) atoms. The maximum atomic E-state index is 12.4. The van der Waals surface area contributed by atoms with Crippen LogP contribution < -0.4 is 10.2 Å². The second-order valence-corrected chi connectivity index (χ2v) is 5.74. The van der Waals surface area contributed by atoms with E-state index < -0.39 is 5.54 Å². The summed E-state index contributed by atoms with van der Waals surface area (Å²) in [6, 6.07) is 8.24. The van der Waals surface area contributed by atoms with Gasteiger partial charge >= 0.3 is 5.97 Å². The fourth-order valence-corrected chi connectivity index (χ4v) is 2.22. The van der Waals surface area contributed by atoms with Crippen LogP contribution in [0.5, 0.6) is 0 Å². The molecule has 4 heteroatoms. The van der Waals surface area contributed by atoms with E-state index in [1.165, 1.54) is 0 Å². The minimum atomic E-state index is -0.823. The molecule has 0 fully saturated rings. The molecule has 2 atom stereocenters. The summed E-state index contributed by atoms with van der Waals surface area (Å²) in [5.41, 5.74) is 1.20. The van der Waals surface area contributed by atoms with Crippen molar-refractivity contribution in [1.29, 1.82) is 0 Å². The molecule has 0 heterocycles. The van der Waals surface area contributed by atoms with Crippen molar-refractivity contribution in [2.75, 3.05) is 25.6 Å². The smallest absolute Gasteiger partial charge is 0.330 e. The Bertz CT molecular complexity index is 456. The number of esters is 1. The Hall–Kier alpha value is -1.55. The largest absolute Gasteiger partial charge is 0.464 e. The molecule has 1 rings (SSSR count). The van der Waals surface area contributed by atoms with Gasteiger partial charge in [0.05, 0.1) is 6.61 Å². The van der Waals surface area contributed by atoms with Gasteiger partial charge in [-0.1, -0.05) is 19.1 Å². The summed E-state index contributed by atoms with van der Waals surface area (Å²) in [7, 11) is 3.99. The van der Waals surface area contributed by atoms with Crippen LogP contribution in [0, 0.1) is 0 Å². The number of hydrogen-bond acceptors (Lipinski definition) is 4. The maximum Gasteiger partial charge on any atom is 0.330 e. The lowest BCUT2D eigenvalue weighted by atomic mass is 9.90. The van der Waals surface area contributed by atoms with E-state index in [0.717, 1.165) is 17.7 Å². The van der Waals surface area contributed by atoms with Crippen LogP contribution >= 0.6 is 0 Å². The highest BCUT2D eigenvalue weighted by atomic mass is 16.5. The van der Waals surface area contributed by atoms with E-state index in [-0.39, 0.29) is 12.0 Å². The third kappa shape index (κ3) is 4.21. The molecule has 0 saturated heterocycles. The maximum absolute atomic E-state index is 12.4. The topological polar surface area (TPSA) is 41.6 Å². The fraction of sp³-hybridized carbons (Fsp3) is 0.588. The molecule has 1 aromatic carbocycles. The van der Waals surface area contributed by atoms with Crippen molar-refractivity contribution in [3.63, 3.8) is 0 Å². The first-order chi connectivity index (χ1) is 9.85. The number of carbonyl (C=O) groups is 1. The van der Waals surface area contributed by atoms with Crippen molar-refractivity contribution in [3.05, 3.63) is 29.8 Å². The summed E-state index contributed by atoms with van der Waals surface area (Å²) in [6.07, 6.45) is 0.949. The Kier molecular flexibility index (Phi) is 6.21. The SMILES string of the molecule is CCOC(=O)C(C)(NC(C)CC)c1ccc(N(C)C)cc1. The third-order valence-corrected chi connectivity index (χ3v) is 3.79. The summed E-state index contributed by atoms with van der Waals surface area (Å²) in [4.78, 5) is 14.5. The monoisotopic (exact) mass is 292 g/mol. The second-order valence-electron chi connectivity index (χ2n) is 5.74. The van der Waals surface area contributed by atoms with Crippen LogP contribution in [0.25, 0.3) is 0 Å². The predicted molar refractivity (Wildman–Crippen MR) is 87.6 cm³/mol. The first kappa shape index (κ1) is 17.5. The van der Waals surface area contributed by atoms with Gasteiger partial charge in [0.25, 0.3) is 0 Å². The molecule has 0 amide bonds. The highest BCUT2D eigenvalue weighted by Crippen LogP contribution is 2.26. The quantitative estimate of drug-likeness (QED) is 0.785. The van der Waals surface area contributed by atoms with Crippen molar-refractivity contribution >= 4 is 11.7 Å². The van der Waals surface area contributed by atoms with Crippen LogP contribution in [-0.2, 0) is 15.1 Å². The van der Waals surface area contributed by atoms with Crippen molar-refractivity contribution in [3.8, 4) is 0 Å². The highest BCUT2D eigenvalue weighted by Gasteiger charge is 2.37. The van der Waals surface area contributed by atoms with Gasteiger partial charge in [0.1, 0.15) is 5.54 Å². The minimum absolute atomic E-state index is 0.230. The Morgan fingerprint density at radius 1 is 1.29 bits per heavy atom. The Morgan fingerprint density at radius 3 is 2.29 bits per heavy atom. The minimum Gasteiger partial charge on any atom is -0.464 e. The van der Waals surface area contributed by atoms with E-state index in [4.69, 9.17) is 4.74 Å². The average Bonchev–Trinajstić information content (AvgIpc) is 2.47. The van der Waals surface area contributed by atoms with E-state index in [9.17, 15) is 4.79 Å². The van der Waals surface area contributed by atoms with E-state index in [1.54, 1.807) is 0 Å². The molecule has 0 bridgehead atoms. The van der Waals surface area contributed by atoms with E-state index >= 15 is 0 Å². The van der Waals surface area contributed by atoms with Gasteiger partial charge in [-0.25, -0.2) is 4.79 Å². The molecule has 4 nitrogen and oxygen atoms in total. The van der Waals surface area contributed by atoms with Gasteiger partial charge in [-0.2, -0.15) is 0 Å². The summed E-state index contributed by atoms with van der Waals surface area (Å²) in [5.74, 6) is -0.233. The Morgan fingerprint density at radius 2 is 1.86 bits per heavy atom. The lowest BCUT2D eigenvalue weighted by Crippen LogP contribution is -2.51. The van der Waals surface area contributed by atoms with Crippen LogP contribution in [0.2, 0.25) is 0 Å². The van der Waals surface area contributed by atoms with Crippen LogP contribution in [0.1, 0.15) is 39.7 Å². The van der Waals surface area contributed by atoms with Crippen LogP contribution in [0.15, 0.2) is 24.3 Å². The fourth-order valence-electron chi connectivity index (χ4n) is 2.22. The molecule has 0 saturated carbocycles. The molecule has 0 radical (unpaired) electrons. The molecule has 0 aliphatic carbocycles. The van der Waals surface area contributed by atoms with Crippen molar-refractivity contribution < 1.29 is 9.53 Å². The zero-order chi connectivity index (χ0) is 16.0. The first-order valence-electron chi connectivity index (χ1n) is 7.57. The number of carbonyl (C=O) groups excluding carboxylic acids is 1. The number of nitrogens with one attached hydrogen (secondary N) is 1. The standard InChI is InChI=1S/C17H28N2O2/c1-7-13(3)18-17(4,16(20)21-8-2)14-9-11-15(12-10-14)19(5)6/h9-13,18H,7-8H2,1-6H3. The van der Waals surface area contributed by atoms with E-state index in [1.807, 2.05) is 57.1 Å². The van der Waals surface area contributed by atoms with E-state index in [2.05, 4.69) is 19.2 Å².